The number of benzene rings is 2. The van der Waals surface area contributed by atoms with Gasteiger partial charge in [-0.25, -0.2) is 0 Å². The van der Waals surface area contributed by atoms with Crippen LogP contribution in [-0.2, 0) is 32.1 Å². The van der Waals surface area contributed by atoms with Crippen LogP contribution in [-0.4, -0.2) is 3.21 Å². The second-order valence-corrected chi connectivity index (χ2v) is 20.0. The average molecular weight is 530 g/mol. The first-order valence-corrected chi connectivity index (χ1v) is 17.4. The third kappa shape index (κ3) is 4.15. The van der Waals surface area contributed by atoms with Crippen LogP contribution in [0.3, 0.4) is 0 Å². The zero-order valence-electron chi connectivity index (χ0n) is 22.6. The maximum absolute atomic E-state index is 2.62. The van der Waals surface area contributed by atoms with Crippen molar-refractivity contribution in [2.75, 3.05) is 0 Å². The molecule has 0 spiro atoms. The molecule has 2 aromatic rings. The molecule has 3 aliphatic carbocycles. The van der Waals surface area contributed by atoms with Gasteiger partial charge in [0.1, 0.15) is 0 Å². The number of hydrogen-bond donors (Lipinski definition) is 0. The van der Waals surface area contributed by atoms with Crippen molar-refractivity contribution >= 4 is 3.21 Å². The summed E-state index contributed by atoms with van der Waals surface area (Å²) in [4.78, 5) is 0. The Kier molecular flexibility index (Phi) is 6.20. The van der Waals surface area contributed by atoms with Crippen LogP contribution in [0.1, 0.15) is 104 Å². The standard InChI is InChI=1S/C23H29.C5H8.C5H5.Zr/c1-14-9-16-11-17-10-15(2)21(23(6,7)8)13-19(17)18(16)12-20(14)22(3,4)5;2*1-2-4-5-3-1;/h9-13H,1-8H3;1-4H2;1-5H;. The van der Waals surface area contributed by atoms with Crippen molar-refractivity contribution in [3.63, 3.8) is 0 Å². The summed E-state index contributed by atoms with van der Waals surface area (Å²) in [5.74, 6) is 0. The Labute approximate surface area is 215 Å². The van der Waals surface area contributed by atoms with Crippen molar-refractivity contribution in [2.24, 2.45) is 0 Å². The van der Waals surface area contributed by atoms with Gasteiger partial charge in [0.15, 0.2) is 0 Å². The van der Waals surface area contributed by atoms with E-state index in [1.165, 1.54) is 47.9 Å². The molecule has 0 heterocycles. The molecule has 0 nitrogen and oxygen atoms in total. The van der Waals surface area contributed by atoms with E-state index in [2.05, 4.69) is 104 Å². The molecule has 0 aromatic heterocycles. The third-order valence-corrected chi connectivity index (χ3v) is 17.4. The van der Waals surface area contributed by atoms with Gasteiger partial charge >= 0.3 is 217 Å². The number of fused-ring (bicyclic) bond motifs is 3. The molecule has 0 N–H and O–H groups in total. The number of rotatable bonds is 2. The van der Waals surface area contributed by atoms with Crippen molar-refractivity contribution in [3.05, 3.63) is 82.0 Å². The predicted octanol–water partition coefficient (Wildman–Crippen LogP) is 9.25. The Morgan fingerprint density at radius 2 is 1.12 bits per heavy atom. The van der Waals surface area contributed by atoms with Crippen molar-refractivity contribution in [2.45, 2.75) is 99.2 Å². The third-order valence-electron chi connectivity index (χ3n) is 8.35. The Morgan fingerprint density at radius 1 is 0.676 bits per heavy atom. The zero-order chi connectivity index (χ0) is 24.4. The summed E-state index contributed by atoms with van der Waals surface area (Å²) < 4.78 is 3.37. The fraction of sp³-hybridized carbons (Fsp3) is 0.485. The number of hydrogen-bond acceptors (Lipinski definition) is 0. The van der Waals surface area contributed by atoms with E-state index < -0.39 is 21.3 Å². The van der Waals surface area contributed by atoms with Gasteiger partial charge in [0.25, 0.3) is 0 Å². The van der Waals surface area contributed by atoms with Crippen LogP contribution >= 0.6 is 0 Å². The van der Waals surface area contributed by atoms with E-state index in [4.69, 9.17) is 0 Å². The molecule has 1 fully saturated rings. The Morgan fingerprint density at radius 3 is 1.53 bits per heavy atom. The van der Waals surface area contributed by atoms with Gasteiger partial charge < -0.3 is 0 Å². The molecule has 1 heteroatoms. The minimum atomic E-state index is -2.05. The van der Waals surface area contributed by atoms with Crippen LogP contribution in [0, 0.1) is 13.8 Å². The van der Waals surface area contributed by atoms with Gasteiger partial charge in [-0.05, 0) is 0 Å². The van der Waals surface area contributed by atoms with Crippen LogP contribution in [0.2, 0.25) is 3.63 Å². The minimum absolute atomic E-state index is 0.160. The average Bonchev–Trinajstić information content (AvgIpc) is 3.48. The molecule has 178 valence electrons. The first kappa shape index (κ1) is 24.4. The fourth-order valence-corrected chi connectivity index (χ4v) is 16.7. The molecular formula is C33H42Zr. The van der Waals surface area contributed by atoms with E-state index in [0.29, 0.717) is 7.25 Å². The van der Waals surface area contributed by atoms with Gasteiger partial charge in [-0.15, -0.1) is 0 Å². The summed E-state index contributed by atoms with van der Waals surface area (Å²) in [6.07, 6.45) is 15.3. The molecule has 3 aliphatic rings. The second kappa shape index (κ2) is 8.66. The van der Waals surface area contributed by atoms with E-state index in [-0.39, 0.29) is 10.8 Å². The number of aryl methyl sites for hydroxylation is 2. The van der Waals surface area contributed by atoms with Crippen molar-refractivity contribution in [1.82, 2.24) is 0 Å². The van der Waals surface area contributed by atoms with Gasteiger partial charge in [0, 0.05) is 0 Å². The van der Waals surface area contributed by atoms with Crippen molar-refractivity contribution < 1.29 is 21.3 Å². The van der Waals surface area contributed by atoms with E-state index in [1.807, 2.05) is 3.21 Å². The molecule has 0 unspecified atom stereocenters. The molecule has 5 rings (SSSR count). The summed E-state index contributed by atoms with van der Waals surface area (Å²) in [6, 6.07) is 10.4. The van der Waals surface area contributed by atoms with E-state index in [0.717, 1.165) is 0 Å². The quantitative estimate of drug-likeness (QED) is 0.364. The van der Waals surface area contributed by atoms with E-state index in [1.54, 1.807) is 22.3 Å². The zero-order valence-corrected chi connectivity index (χ0v) is 25.1. The van der Waals surface area contributed by atoms with Crippen LogP contribution in [0.4, 0.5) is 0 Å². The summed E-state index contributed by atoms with van der Waals surface area (Å²) >= 11 is -2.05. The molecule has 0 saturated heterocycles. The topological polar surface area (TPSA) is 0 Å². The first-order chi connectivity index (χ1) is 16.0. The maximum atomic E-state index is 2.62. The summed E-state index contributed by atoms with van der Waals surface area (Å²) in [5.41, 5.74) is 12.7. The van der Waals surface area contributed by atoms with Crippen LogP contribution in [0.25, 0.3) is 11.1 Å². The van der Waals surface area contributed by atoms with Crippen LogP contribution in [0.15, 0.2) is 48.6 Å². The van der Waals surface area contributed by atoms with Crippen LogP contribution in [0.5, 0.6) is 0 Å². The molecule has 0 amide bonds. The van der Waals surface area contributed by atoms with Crippen LogP contribution < -0.4 is 0 Å². The Bertz CT molecular complexity index is 1150. The molecule has 1 saturated carbocycles. The first-order valence-electron chi connectivity index (χ1n) is 13.3. The monoisotopic (exact) mass is 528 g/mol. The molecule has 0 atom stereocenters. The molecule has 2 aromatic carbocycles. The van der Waals surface area contributed by atoms with E-state index >= 15 is 0 Å². The predicted molar refractivity (Wildman–Crippen MR) is 146 cm³/mol. The fourth-order valence-electron chi connectivity index (χ4n) is 6.89. The van der Waals surface area contributed by atoms with Gasteiger partial charge in [-0.1, -0.05) is 0 Å². The summed E-state index contributed by atoms with van der Waals surface area (Å²) in [6.45, 7) is 18.9. The van der Waals surface area contributed by atoms with Gasteiger partial charge in [0.2, 0.25) is 0 Å². The number of allylic oxidation sites excluding steroid dienone is 4. The van der Waals surface area contributed by atoms with Crippen molar-refractivity contribution in [3.8, 4) is 11.1 Å². The van der Waals surface area contributed by atoms with Gasteiger partial charge in [0.05, 0.1) is 0 Å². The summed E-state index contributed by atoms with van der Waals surface area (Å²) in [5, 5.41) is 0. The molecule has 0 radical (unpaired) electrons. The normalized spacial score (nSPS) is 18.2. The Balaban J connectivity index is 1.83. The SMILES string of the molecule is Cc1cc2c(cc1C(C)(C)C)-c1cc(C(C)(C)C)c(C)cc1[CH]2[Zr](=[C]1CCCC1)[CH]1C=CC=C1. The second-order valence-electron chi connectivity index (χ2n) is 13.0. The molecule has 0 bridgehead atoms. The van der Waals surface area contributed by atoms with Gasteiger partial charge in [-0.3, -0.25) is 0 Å². The molecule has 0 aliphatic heterocycles. The van der Waals surface area contributed by atoms with E-state index in [9.17, 15) is 0 Å². The van der Waals surface area contributed by atoms with Crippen molar-refractivity contribution in [1.29, 1.82) is 0 Å². The van der Waals surface area contributed by atoms with Gasteiger partial charge in [-0.2, -0.15) is 0 Å². The molecular weight excluding hydrogens is 488 g/mol. The summed E-state index contributed by atoms with van der Waals surface area (Å²) in [7, 11) is 0. The Hall–Kier alpha value is -1.33. The molecule has 34 heavy (non-hydrogen) atoms.